The van der Waals surface area contributed by atoms with Crippen LogP contribution in [-0.2, 0) is 0 Å². The highest BCUT2D eigenvalue weighted by Gasteiger charge is 2.39. The molecule has 0 aromatic carbocycles. The van der Waals surface area contributed by atoms with E-state index >= 15 is 0 Å². The molecule has 18 heavy (non-hydrogen) atoms. The molecule has 0 bridgehead atoms. The van der Waals surface area contributed by atoms with Crippen LogP contribution in [0.25, 0.3) is 0 Å². The van der Waals surface area contributed by atoms with E-state index in [-0.39, 0.29) is 17.1 Å². The number of alkyl halides is 3. The number of hydrogen-bond donors (Lipinski definition) is 3. The molecule has 9 heteroatoms. The topological polar surface area (TPSA) is 101 Å². The zero-order valence-electron chi connectivity index (χ0n) is 9.54. The highest BCUT2D eigenvalue weighted by Crippen LogP contribution is 2.23. The summed E-state index contributed by atoms with van der Waals surface area (Å²) in [6.07, 6.45) is -7.73. The Balaban J connectivity index is 3.19. The maximum absolute atomic E-state index is 12.2. The van der Waals surface area contributed by atoms with Gasteiger partial charge in [0.15, 0.2) is 0 Å². The van der Waals surface area contributed by atoms with Crippen LogP contribution in [0.4, 0.5) is 19.0 Å². The molecule has 6 nitrogen and oxygen atoms in total. The molecule has 1 amide bonds. The second kappa shape index (κ2) is 4.77. The Morgan fingerprint density at radius 1 is 1.39 bits per heavy atom. The summed E-state index contributed by atoms with van der Waals surface area (Å²) in [5, 5.41) is 10.6. The maximum Gasteiger partial charge on any atom is 0.433 e. The van der Waals surface area contributed by atoms with Gasteiger partial charge in [0.2, 0.25) is 6.23 Å². The van der Waals surface area contributed by atoms with E-state index in [9.17, 15) is 18.0 Å². The SMILES string of the molecule is Cc1nc(C)c(C(N)=O)c(NC(O)C(F)(F)F)n1. The largest absolute Gasteiger partial charge is 0.433 e. The minimum Gasteiger partial charge on any atom is -0.366 e. The van der Waals surface area contributed by atoms with E-state index in [2.05, 4.69) is 9.97 Å². The van der Waals surface area contributed by atoms with Gasteiger partial charge >= 0.3 is 6.18 Å². The standard InChI is InChI=1S/C9H11F3N4O2/c1-3-5(6(13)17)7(15-4(2)14-3)16-8(18)9(10,11)12/h8,18H,1-2H3,(H2,13,17)(H,14,15,16). The molecular formula is C9H11F3N4O2. The second-order valence-electron chi connectivity index (χ2n) is 3.53. The first kappa shape index (κ1) is 14.2. The summed E-state index contributed by atoms with van der Waals surface area (Å²) in [6, 6.07) is 0. The summed E-state index contributed by atoms with van der Waals surface area (Å²) < 4.78 is 36.6. The molecule has 1 heterocycles. The fourth-order valence-electron chi connectivity index (χ4n) is 1.32. The molecule has 1 aromatic heterocycles. The predicted molar refractivity (Wildman–Crippen MR) is 55.7 cm³/mol. The minimum absolute atomic E-state index is 0.131. The summed E-state index contributed by atoms with van der Waals surface area (Å²) >= 11 is 0. The Labute approximate surface area is 100 Å². The van der Waals surface area contributed by atoms with Crippen LogP contribution < -0.4 is 11.1 Å². The van der Waals surface area contributed by atoms with E-state index in [1.54, 1.807) is 5.32 Å². The molecule has 1 aromatic rings. The normalized spacial score (nSPS) is 13.2. The van der Waals surface area contributed by atoms with Crippen LogP contribution in [0.5, 0.6) is 0 Å². The van der Waals surface area contributed by atoms with Crippen molar-refractivity contribution in [3.63, 3.8) is 0 Å². The van der Waals surface area contributed by atoms with Crippen molar-refractivity contribution in [1.82, 2.24) is 9.97 Å². The molecule has 100 valence electrons. The van der Waals surface area contributed by atoms with Crippen LogP contribution in [0, 0.1) is 13.8 Å². The number of amides is 1. The smallest absolute Gasteiger partial charge is 0.366 e. The van der Waals surface area contributed by atoms with Crippen molar-refractivity contribution in [2.75, 3.05) is 5.32 Å². The van der Waals surface area contributed by atoms with Gasteiger partial charge in [-0.25, -0.2) is 9.97 Å². The lowest BCUT2D eigenvalue weighted by Crippen LogP contribution is -2.37. The minimum atomic E-state index is -4.89. The number of primary amides is 1. The molecule has 0 saturated heterocycles. The zero-order valence-corrected chi connectivity index (χ0v) is 9.54. The predicted octanol–water partition coefficient (Wildman–Crippen LogP) is 0.485. The van der Waals surface area contributed by atoms with Crippen molar-refractivity contribution in [3.05, 3.63) is 17.1 Å². The third kappa shape index (κ3) is 3.06. The van der Waals surface area contributed by atoms with Gasteiger partial charge in [0.25, 0.3) is 5.91 Å². The van der Waals surface area contributed by atoms with E-state index in [1.165, 1.54) is 13.8 Å². The second-order valence-corrected chi connectivity index (χ2v) is 3.53. The molecular weight excluding hydrogens is 253 g/mol. The third-order valence-electron chi connectivity index (χ3n) is 2.03. The number of nitrogens with two attached hydrogens (primary N) is 1. The number of carbonyl (C=O) groups is 1. The molecule has 0 fully saturated rings. The van der Waals surface area contributed by atoms with Crippen molar-refractivity contribution >= 4 is 11.7 Å². The van der Waals surface area contributed by atoms with E-state index < -0.39 is 24.1 Å². The van der Waals surface area contributed by atoms with Crippen LogP contribution in [0.15, 0.2) is 0 Å². The molecule has 0 aliphatic heterocycles. The van der Waals surface area contributed by atoms with Crippen LogP contribution in [0.1, 0.15) is 21.9 Å². The first-order valence-electron chi connectivity index (χ1n) is 4.79. The first-order chi connectivity index (χ1) is 8.12. The molecule has 1 unspecified atom stereocenters. The molecule has 4 N–H and O–H groups in total. The van der Waals surface area contributed by atoms with Crippen molar-refractivity contribution < 1.29 is 23.1 Å². The number of hydrogen-bond acceptors (Lipinski definition) is 5. The number of halogens is 3. The van der Waals surface area contributed by atoms with Gasteiger partial charge in [-0.1, -0.05) is 0 Å². The van der Waals surface area contributed by atoms with E-state index in [0.29, 0.717) is 0 Å². The number of nitrogens with zero attached hydrogens (tertiary/aromatic N) is 2. The van der Waals surface area contributed by atoms with Gasteiger partial charge < -0.3 is 16.2 Å². The number of anilines is 1. The zero-order chi connectivity index (χ0) is 14.1. The van der Waals surface area contributed by atoms with Gasteiger partial charge in [-0.3, -0.25) is 4.79 Å². The molecule has 0 aliphatic rings. The lowest BCUT2D eigenvalue weighted by molar-refractivity contribution is -0.194. The number of aryl methyl sites for hydroxylation is 2. The quantitative estimate of drug-likeness (QED) is 0.689. The van der Waals surface area contributed by atoms with Crippen molar-refractivity contribution in [2.45, 2.75) is 26.3 Å². The van der Waals surface area contributed by atoms with Crippen molar-refractivity contribution in [2.24, 2.45) is 5.73 Å². The van der Waals surface area contributed by atoms with Crippen LogP contribution in [0.3, 0.4) is 0 Å². The summed E-state index contributed by atoms with van der Waals surface area (Å²) in [7, 11) is 0. The number of nitrogens with one attached hydrogen (secondary N) is 1. The molecule has 0 spiro atoms. The van der Waals surface area contributed by atoms with E-state index in [1.807, 2.05) is 0 Å². The monoisotopic (exact) mass is 264 g/mol. The Kier molecular flexibility index (Phi) is 3.75. The van der Waals surface area contributed by atoms with Gasteiger partial charge in [0.1, 0.15) is 17.2 Å². The summed E-state index contributed by atoms with van der Waals surface area (Å²) in [5.74, 6) is -1.28. The third-order valence-corrected chi connectivity index (χ3v) is 2.03. The first-order valence-corrected chi connectivity index (χ1v) is 4.79. The number of aliphatic hydroxyl groups is 1. The highest BCUT2D eigenvalue weighted by molar-refractivity contribution is 5.98. The Morgan fingerprint density at radius 3 is 2.39 bits per heavy atom. The number of aromatic nitrogens is 2. The molecule has 1 rings (SSSR count). The molecule has 0 saturated carbocycles. The number of aliphatic hydroxyl groups excluding tert-OH is 1. The van der Waals surface area contributed by atoms with E-state index in [0.717, 1.165) is 0 Å². The summed E-state index contributed by atoms with van der Waals surface area (Å²) in [4.78, 5) is 18.6. The molecule has 0 aliphatic carbocycles. The Bertz CT molecular complexity index is 476. The number of carbonyl (C=O) groups excluding carboxylic acids is 1. The average molecular weight is 264 g/mol. The summed E-state index contributed by atoms with van der Waals surface area (Å²) in [6.45, 7) is 2.84. The highest BCUT2D eigenvalue weighted by atomic mass is 19.4. The van der Waals surface area contributed by atoms with Gasteiger partial charge in [0.05, 0.1) is 5.69 Å². The molecule has 1 atom stereocenters. The fourth-order valence-corrected chi connectivity index (χ4v) is 1.32. The lowest BCUT2D eigenvalue weighted by atomic mass is 10.2. The van der Waals surface area contributed by atoms with Crippen molar-refractivity contribution in [3.8, 4) is 0 Å². The van der Waals surface area contributed by atoms with Crippen LogP contribution >= 0.6 is 0 Å². The summed E-state index contributed by atoms with van der Waals surface area (Å²) in [5.41, 5.74) is 4.87. The van der Waals surface area contributed by atoms with Gasteiger partial charge in [-0.15, -0.1) is 0 Å². The van der Waals surface area contributed by atoms with Gasteiger partial charge in [-0.05, 0) is 13.8 Å². The van der Waals surface area contributed by atoms with Gasteiger partial charge in [-0.2, -0.15) is 13.2 Å². The average Bonchev–Trinajstić information content (AvgIpc) is 2.13. The Morgan fingerprint density at radius 2 is 1.94 bits per heavy atom. The van der Waals surface area contributed by atoms with Gasteiger partial charge in [0, 0.05) is 0 Å². The maximum atomic E-state index is 12.2. The lowest BCUT2D eigenvalue weighted by Gasteiger charge is -2.18. The van der Waals surface area contributed by atoms with Crippen LogP contribution in [-0.4, -0.2) is 33.4 Å². The van der Waals surface area contributed by atoms with Crippen LogP contribution in [0.2, 0.25) is 0 Å². The van der Waals surface area contributed by atoms with Crippen molar-refractivity contribution in [1.29, 1.82) is 0 Å². The number of rotatable bonds is 3. The Hall–Kier alpha value is -1.90. The molecule has 0 radical (unpaired) electrons. The fraction of sp³-hybridized carbons (Fsp3) is 0.444. The van der Waals surface area contributed by atoms with E-state index in [4.69, 9.17) is 10.8 Å².